The van der Waals surface area contributed by atoms with Crippen molar-refractivity contribution in [2.75, 3.05) is 13.7 Å². The van der Waals surface area contributed by atoms with E-state index in [0.717, 1.165) is 12.5 Å². The first kappa shape index (κ1) is 19.7. The topological polar surface area (TPSA) is 9.23 Å². The van der Waals surface area contributed by atoms with E-state index in [0.29, 0.717) is 0 Å². The van der Waals surface area contributed by atoms with Gasteiger partial charge in [0.25, 0.3) is 0 Å². The normalized spacial score (nSPS) is 12.5. The molecular formula is C19H38O. The van der Waals surface area contributed by atoms with Crippen molar-refractivity contribution in [1.82, 2.24) is 0 Å². The van der Waals surface area contributed by atoms with Gasteiger partial charge in [-0.15, -0.1) is 6.58 Å². The van der Waals surface area contributed by atoms with E-state index < -0.39 is 0 Å². The second-order valence-corrected chi connectivity index (χ2v) is 6.14. The number of hydrogen-bond acceptors (Lipinski definition) is 1. The van der Waals surface area contributed by atoms with Gasteiger partial charge in [-0.3, -0.25) is 0 Å². The van der Waals surface area contributed by atoms with Gasteiger partial charge in [-0.25, -0.2) is 0 Å². The van der Waals surface area contributed by atoms with Crippen LogP contribution in [0.25, 0.3) is 0 Å². The third-order valence-corrected chi connectivity index (χ3v) is 4.18. The van der Waals surface area contributed by atoms with E-state index in [1.165, 1.54) is 83.5 Å². The Hall–Kier alpha value is -0.300. The molecular weight excluding hydrogens is 244 g/mol. The highest BCUT2D eigenvalue weighted by Crippen LogP contribution is 2.21. The molecule has 120 valence electrons. The van der Waals surface area contributed by atoms with Gasteiger partial charge in [-0.1, -0.05) is 83.6 Å². The van der Waals surface area contributed by atoms with Crippen molar-refractivity contribution in [2.45, 2.75) is 90.4 Å². The molecule has 0 aromatic carbocycles. The van der Waals surface area contributed by atoms with Crippen LogP contribution in [-0.4, -0.2) is 13.7 Å². The molecule has 0 aromatic heterocycles. The molecule has 0 aliphatic heterocycles. The molecule has 0 aliphatic rings. The van der Waals surface area contributed by atoms with E-state index >= 15 is 0 Å². The molecule has 0 rings (SSSR count). The third kappa shape index (κ3) is 14.1. The summed E-state index contributed by atoms with van der Waals surface area (Å²) in [6, 6.07) is 0. The lowest BCUT2D eigenvalue weighted by Gasteiger charge is -2.14. The fourth-order valence-electron chi connectivity index (χ4n) is 2.85. The average Bonchev–Trinajstić information content (AvgIpc) is 2.46. The van der Waals surface area contributed by atoms with Gasteiger partial charge in [0, 0.05) is 13.7 Å². The molecule has 0 saturated heterocycles. The number of allylic oxidation sites excluding steroid dienone is 1. The lowest BCUT2D eigenvalue weighted by atomic mass is 9.92. The van der Waals surface area contributed by atoms with Crippen molar-refractivity contribution in [3.8, 4) is 0 Å². The summed E-state index contributed by atoms with van der Waals surface area (Å²) in [7, 11) is 1.79. The molecule has 0 N–H and O–H groups in total. The zero-order chi connectivity index (χ0) is 14.9. The highest BCUT2D eigenvalue weighted by atomic mass is 16.5. The summed E-state index contributed by atoms with van der Waals surface area (Å²) in [6.07, 6.45) is 20.0. The molecule has 0 fully saturated rings. The monoisotopic (exact) mass is 282 g/mol. The van der Waals surface area contributed by atoms with E-state index in [4.69, 9.17) is 4.74 Å². The average molecular weight is 283 g/mol. The predicted octanol–water partition coefficient (Wildman–Crippen LogP) is 6.53. The summed E-state index contributed by atoms with van der Waals surface area (Å²) < 4.78 is 5.06. The molecule has 1 unspecified atom stereocenters. The number of unbranched alkanes of at least 4 members (excludes halogenated alkanes) is 8. The summed E-state index contributed by atoms with van der Waals surface area (Å²) in [5.41, 5.74) is 0. The van der Waals surface area contributed by atoms with Crippen molar-refractivity contribution < 1.29 is 4.74 Å². The molecule has 1 nitrogen and oxygen atoms in total. The quantitative estimate of drug-likeness (QED) is 0.231. The summed E-state index contributed by atoms with van der Waals surface area (Å²) >= 11 is 0. The second kappa shape index (κ2) is 16.8. The summed E-state index contributed by atoms with van der Waals surface area (Å²) in [4.78, 5) is 0. The van der Waals surface area contributed by atoms with Crippen LogP contribution in [0.1, 0.15) is 90.4 Å². The molecule has 20 heavy (non-hydrogen) atoms. The number of methoxy groups -OCH3 is 1. The van der Waals surface area contributed by atoms with Crippen molar-refractivity contribution in [3.63, 3.8) is 0 Å². The molecule has 0 amide bonds. The minimum atomic E-state index is 0.904. The largest absolute Gasteiger partial charge is 0.385 e. The third-order valence-electron chi connectivity index (χ3n) is 4.18. The van der Waals surface area contributed by atoms with Gasteiger partial charge in [0.2, 0.25) is 0 Å². The SMILES string of the molecule is C=CCC(CCCC)CCCCCCCCCCOC. The standard InChI is InChI=1S/C19H38O/c1-4-6-16-19(15-5-2)17-13-11-9-7-8-10-12-14-18-20-3/h5,19H,2,4,6-18H2,1,3H3. The summed E-state index contributed by atoms with van der Waals surface area (Å²) in [5, 5.41) is 0. The molecule has 0 radical (unpaired) electrons. The van der Waals surface area contributed by atoms with Gasteiger partial charge in [-0.05, 0) is 18.8 Å². The van der Waals surface area contributed by atoms with Crippen LogP contribution in [0.5, 0.6) is 0 Å². The molecule has 0 heterocycles. The van der Waals surface area contributed by atoms with Gasteiger partial charge in [0.05, 0.1) is 0 Å². The first-order chi connectivity index (χ1) is 9.85. The van der Waals surface area contributed by atoms with Crippen LogP contribution in [0.2, 0.25) is 0 Å². The van der Waals surface area contributed by atoms with Gasteiger partial charge in [-0.2, -0.15) is 0 Å². The maximum Gasteiger partial charge on any atom is 0.0462 e. The summed E-state index contributed by atoms with van der Waals surface area (Å²) in [5.74, 6) is 0.904. The van der Waals surface area contributed by atoms with E-state index in [2.05, 4.69) is 19.6 Å². The lowest BCUT2D eigenvalue weighted by molar-refractivity contribution is 0.192. The van der Waals surface area contributed by atoms with E-state index in [-0.39, 0.29) is 0 Å². The Labute approximate surface area is 128 Å². The number of ether oxygens (including phenoxy) is 1. The van der Waals surface area contributed by atoms with Crippen LogP contribution < -0.4 is 0 Å². The van der Waals surface area contributed by atoms with E-state index in [1.807, 2.05) is 0 Å². The highest BCUT2D eigenvalue weighted by molar-refractivity contribution is 4.73. The van der Waals surface area contributed by atoms with Crippen LogP contribution in [-0.2, 0) is 4.74 Å². The second-order valence-electron chi connectivity index (χ2n) is 6.14. The first-order valence-electron chi connectivity index (χ1n) is 8.95. The maximum absolute atomic E-state index is 5.06. The molecule has 0 spiro atoms. The molecule has 1 atom stereocenters. The Kier molecular flexibility index (Phi) is 16.5. The molecule has 0 bridgehead atoms. The zero-order valence-electron chi connectivity index (χ0n) is 14.2. The number of rotatable bonds is 16. The first-order valence-corrected chi connectivity index (χ1v) is 8.95. The Morgan fingerprint density at radius 1 is 0.850 bits per heavy atom. The molecule has 0 aliphatic carbocycles. The Morgan fingerprint density at radius 3 is 1.95 bits per heavy atom. The van der Waals surface area contributed by atoms with Gasteiger partial charge in [0.1, 0.15) is 0 Å². The fraction of sp³-hybridized carbons (Fsp3) is 0.895. The maximum atomic E-state index is 5.06. The van der Waals surface area contributed by atoms with E-state index in [9.17, 15) is 0 Å². The Bertz CT molecular complexity index is 188. The van der Waals surface area contributed by atoms with Crippen LogP contribution in [0.3, 0.4) is 0 Å². The van der Waals surface area contributed by atoms with Gasteiger partial charge in [0.15, 0.2) is 0 Å². The smallest absolute Gasteiger partial charge is 0.0462 e. The van der Waals surface area contributed by atoms with Crippen molar-refractivity contribution in [1.29, 1.82) is 0 Å². The van der Waals surface area contributed by atoms with E-state index in [1.54, 1.807) is 7.11 Å². The van der Waals surface area contributed by atoms with Gasteiger partial charge < -0.3 is 4.74 Å². The lowest BCUT2D eigenvalue weighted by Crippen LogP contribution is -1.99. The van der Waals surface area contributed by atoms with Crippen LogP contribution >= 0.6 is 0 Å². The van der Waals surface area contributed by atoms with Crippen molar-refractivity contribution >= 4 is 0 Å². The molecule has 0 saturated carbocycles. The summed E-state index contributed by atoms with van der Waals surface area (Å²) in [6.45, 7) is 7.12. The highest BCUT2D eigenvalue weighted by Gasteiger charge is 2.05. The fourth-order valence-corrected chi connectivity index (χ4v) is 2.85. The van der Waals surface area contributed by atoms with Crippen molar-refractivity contribution in [2.24, 2.45) is 5.92 Å². The molecule has 0 aromatic rings. The van der Waals surface area contributed by atoms with Crippen LogP contribution in [0.4, 0.5) is 0 Å². The predicted molar refractivity (Wildman–Crippen MR) is 91.3 cm³/mol. The van der Waals surface area contributed by atoms with Gasteiger partial charge >= 0.3 is 0 Å². The molecule has 1 heteroatoms. The number of hydrogen-bond donors (Lipinski definition) is 0. The Morgan fingerprint density at radius 2 is 1.40 bits per heavy atom. The zero-order valence-corrected chi connectivity index (χ0v) is 14.2. The minimum absolute atomic E-state index is 0.904. The minimum Gasteiger partial charge on any atom is -0.385 e. The van der Waals surface area contributed by atoms with Crippen LogP contribution in [0.15, 0.2) is 12.7 Å². The Balaban J connectivity index is 3.29. The van der Waals surface area contributed by atoms with Crippen molar-refractivity contribution in [3.05, 3.63) is 12.7 Å². The van der Waals surface area contributed by atoms with Crippen LogP contribution in [0, 0.1) is 5.92 Å².